The molecule has 0 radical (unpaired) electrons. The third-order valence-corrected chi connectivity index (χ3v) is 7.86. The second kappa shape index (κ2) is 10.2. The van der Waals surface area contributed by atoms with Crippen molar-refractivity contribution in [1.82, 2.24) is 24.3 Å². The number of carboxylic acid groups (broad SMARTS) is 1. The predicted octanol–water partition coefficient (Wildman–Crippen LogP) is 3.34. The highest BCUT2D eigenvalue weighted by atomic mass is 35.5. The van der Waals surface area contributed by atoms with Crippen molar-refractivity contribution in [2.45, 2.75) is 32.4 Å². The van der Waals surface area contributed by atoms with Gasteiger partial charge in [-0.15, -0.1) is 0 Å². The minimum atomic E-state index is -0.853. The molecule has 4 heterocycles. The van der Waals surface area contributed by atoms with Crippen molar-refractivity contribution in [2.75, 3.05) is 45.8 Å². The number of carbonyl (C=O) groups excluding carboxylic acids is 1. The van der Waals surface area contributed by atoms with Crippen LogP contribution >= 0.6 is 11.6 Å². The number of hydrogen-bond acceptors (Lipinski definition) is 5. The van der Waals surface area contributed by atoms with Crippen LogP contribution in [-0.4, -0.2) is 87.0 Å². The summed E-state index contributed by atoms with van der Waals surface area (Å²) in [6, 6.07) is 6.39. The minimum Gasteiger partial charge on any atom is -0.480 e. The highest BCUT2D eigenvalue weighted by Gasteiger charge is 2.39. The molecule has 11 heteroatoms. The summed E-state index contributed by atoms with van der Waals surface area (Å²) < 4.78 is 30.6. The fourth-order valence-electron chi connectivity index (χ4n) is 5.73. The van der Waals surface area contributed by atoms with E-state index in [0.29, 0.717) is 44.9 Å². The maximum Gasteiger partial charge on any atom is 0.317 e. The number of pyridine rings is 1. The molecule has 1 N–H and O–H groups in total. The van der Waals surface area contributed by atoms with Gasteiger partial charge in [-0.1, -0.05) is 31.5 Å². The lowest BCUT2D eigenvalue weighted by molar-refractivity contribution is -0.140. The fraction of sp³-hybridized carbons (Fsp3) is 0.444. The molecule has 1 saturated heterocycles. The summed E-state index contributed by atoms with van der Waals surface area (Å²) in [5.74, 6) is -2.49. The van der Waals surface area contributed by atoms with Crippen LogP contribution in [0, 0.1) is 11.6 Å². The zero-order valence-electron chi connectivity index (χ0n) is 21.4. The molecule has 2 aromatic heterocycles. The van der Waals surface area contributed by atoms with Gasteiger partial charge in [0.25, 0.3) is 0 Å². The summed E-state index contributed by atoms with van der Waals surface area (Å²) in [5.41, 5.74) is 2.46. The lowest BCUT2D eigenvalue weighted by Crippen LogP contribution is -2.53. The van der Waals surface area contributed by atoms with Crippen LogP contribution < -0.4 is 0 Å². The molecule has 0 bridgehead atoms. The van der Waals surface area contributed by atoms with Gasteiger partial charge in [-0.2, -0.15) is 0 Å². The molecule has 2 aliphatic heterocycles. The van der Waals surface area contributed by atoms with Crippen LogP contribution in [0.15, 0.2) is 30.5 Å². The Kier molecular flexibility index (Phi) is 7.15. The van der Waals surface area contributed by atoms with E-state index in [1.807, 2.05) is 26.5 Å². The Hall–Kier alpha value is -3.08. The highest BCUT2D eigenvalue weighted by Crippen LogP contribution is 2.40. The van der Waals surface area contributed by atoms with Crippen molar-refractivity contribution in [1.29, 1.82) is 0 Å². The van der Waals surface area contributed by atoms with Gasteiger partial charge >= 0.3 is 5.97 Å². The number of carboxylic acids is 1. The summed E-state index contributed by atoms with van der Waals surface area (Å²) >= 11 is 5.86. The van der Waals surface area contributed by atoms with Crippen LogP contribution in [0.4, 0.5) is 8.78 Å². The molecule has 8 nitrogen and oxygen atoms in total. The van der Waals surface area contributed by atoms with Gasteiger partial charge in [0.15, 0.2) is 0 Å². The molecular formula is C27H30ClF2N5O3. The minimum absolute atomic E-state index is 0.00330. The van der Waals surface area contributed by atoms with E-state index < -0.39 is 28.0 Å². The maximum absolute atomic E-state index is 14.9. The standard InChI is InChI=1S/C27H30ClF2N5O3/c1-27(2)16-34(21(36)14-32-8-10-33(11-9-32)15-22(37)38)13-20-23(27)18-4-3-7-31-26(18)35(20)12-17-5-6-19(29)24(28)25(17)30/h3-7H,8-16H2,1-2H3,(H,37,38). The molecule has 1 fully saturated rings. The molecule has 202 valence electrons. The number of benzene rings is 1. The monoisotopic (exact) mass is 545 g/mol. The molecule has 3 aromatic rings. The van der Waals surface area contributed by atoms with Gasteiger partial charge in [0.05, 0.1) is 26.2 Å². The molecule has 5 rings (SSSR count). The predicted molar refractivity (Wildman–Crippen MR) is 139 cm³/mol. The third-order valence-electron chi connectivity index (χ3n) is 7.51. The number of aliphatic carboxylic acids is 1. The van der Waals surface area contributed by atoms with E-state index in [-0.39, 0.29) is 31.1 Å². The average molecular weight is 546 g/mol. The van der Waals surface area contributed by atoms with E-state index in [4.69, 9.17) is 16.7 Å². The number of aromatic nitrogens is 2. The van der Waals surface area contributed by atoms with E-state index in [2.05, 4.69) is 23.7 Å². The Morgan fingerprint density at radius 1 is 1.08 bits per heavy atom. The van der Waals surface area contributed by atoms with Crippen molar-refractivity contribution in [2.24, 2.45) is 0 Å². The second-order valence-electron chi connectivity index (χ2n) is 10.7. The molecule has 1 amide bonds. The van der Waals surface area contributed by atoms with Crippen LogP contribution in [0.5, 0.6) is 0 Å². The normalized spacial score (nSPS) is 18.1. The molecule has 0 saturated carbocycles. The molecule has 0 atom stereocenters. The van der Waals surface area contributed by atoms with Crippen LogP contribution in [0.3, 0.4) is 0 Å². The summed E-state index contributed by atoms with van der Waals surface area (Å²) in [4.78, 5) is 34.8. The molecule has 0 aliphatic carbocycles. The van der Waals surface area contributed by atoms with Crippen LogP contribution in [-0.2, 0) is 28.1 Å². The van der Waals surface area contributed by atoms with Crippen molar-refractivity contribution < 1.29 is 23.5 Å². The zero-order chi connectivity index (χ0) is 27.2. The number of carbonyl (C=O) groups is 2. The van der Waals surface area contributed by atoms with Gasteiger partial charge in [0.1, 0.15) is 22.3 Å². The first-order valence-electron chi connectivity index (χ1n) is 12.6. The van der Waals surface area contributed by atoms with Gasteiger partial charge in [-0.3, -0.25) is 19.4 Å². The Morgan fingerprint density at radius 3 is 2.45 bits per heavy atom. The Bertz CT molecular complexity index is 1400. The van der Waals surface area contributed by atoms with Gasteiger partial charge in [0, 0.05) is 61.0 Å². The third kappa shape index (κ3) is 5.00. The van der Waals surface area contributed by atoms with Crippen molar-refractivity contribution in [3.8, 4) is 0 Å². The SMILES string of the molecule is CC1(C)CN(C(=O)CN2CCN(CC(=O)O)CC2)Cc2c1c1cccnc1n2Cc1ccc(F)c(Cl)c1F. The summed E-state index contributed by atoms with van der Waals surface area (Å²) in [6.45, 7) is 7.80. The number of nitrogens with zero attached hydrogens (tertiary/aromatic N) is 5. The zero-order valence-corrected chi connectivity index (χ0v) is 22.1. The van der Waals surface area contributed by atoms with Crippen LogP contribution in [0.1, 0.15) is 30.7 Å². The highest BCUT2D eigenvalue weighted by molar-refractivity contribution is 6.30. The molecular weight excluding hydrogens is 516 g/mol. The lowest BCUT2D eigenvalue weighted by atomic mass is 9.79. The smallest absolute Gasteiger partial charge is 0.317 e. The summed E-state index contributed by atoms with van der Waals surface area (Å²) in [7, 11) is 0. The molecule has 0 unspecified atom stereocenters. The Balaban J connectivity index is 1.43. The molecule has 38 heavy (non-hydrogen) atoms. The second-order valence-corrected chi connectivity index (χ2v) is 11.1. The first kappa shape index (κ1) is 26.5. The number of halogens is 3. The Labute approximate surface area is 224 Å². The van der Waals surface area contributed by atoms with Crippen LogP contribution in [0.2, 0.25) is 5.02 Å². The average Bonchev–Trinajstić information content (AvgIpc) is 3.19. The van der Waals surface area contributed by atoms with E-state index in [0.717, 1.165) is 22.7 Å². The lowest BCUT2D eigenvalue weighted by Gasteiger charge is -2.40. The van der Waals surface area contributed by atoms with Crippen molar-refractivity contribution in [3.63, 3.8) is 0 Å². The van der Waals surface area contributed by atoms with Crippen LogP contribution in [0.25, 0.3) is 11.0 Å². The first-order chi connectivity index (χ1) is 18.0. The molecule has 1 aromatic carbocycles. The molecule has 0 spiro atoms. The number of fused-ring (bicyclic) bond motifs is 3. The Morgan fingerprint density at radius 2 is 1.76 bits per heavy atom. The number of rotatable bonds is 6. The van der Waals surface area contributed by atoms with E-state index in [9.17, 15) is 18.4 Å². The topological polar surface area (TPSA) is 81.9 Å². The van der Waals surface area contributed by atoms with Gasteiger partial charge in [0.2, 0.25) is 5.91 Å². The molecule has 2 aliphatic rings. The summed E-state index contributed by atoms with van der Waals surface area (Å²) in [6.07, 6.45) is 1.68. The van der Waals surface area contributed by atoms with E-state index >= 15 is 0 Å². The number of piperazine rings is 1. The van der Waals surface area contributed by atoms with Crippen molar-refractivity contribution >= 4 is 34.5 Å². The number of hydrogen-bond donors (Lipinski definition) is 1. The van der Waals surface area contributed by atoms with E-state index in [1.54, 1.807) is 6.20 Å². The van der Waals surface area contributed by atoms with Gasteiger partial charge in [-0.25, -0.2) is 13.8 Å². The first-order valence-corrected chi connectivity index (χ1v) is 13.0. The van der Waals surface area contributed by atoms with Gasteiger partial charge < -0.3 is 14.6 Å². The maximum atomic E-state index is 14.9. The quantitative estimate of drug-likeness (QED) is 0.479. The largest absolute Gasteiger partial charge is 0.480 e. The van der Waals surface area contributed by atoms with E-state index in [1.165, 1.54) is 6.07 Å². The van der Waals surface area contributed by atoms with Crippen molar-refractivity contribution in [3.05, 3.63) is 63.9 Å². The van der Waals surface area contributed by atoms with Gasteiger partial charge in [-0.05, 0) is 23.8 Å². The fourth-order valence-corrected chi connectivity index (χ4v) is 5.92. The number of amides is 1. The summed E-state index contributed by atoms with van der Waals surface area (Å²) in [5, 5.41) is 9.43.